The summed E-state index contributed by atoms with van der Waals surface area (Å²) in [5, 5.41) is 11.1. The van der Waals surface area contributed by atoms with Crippen LogP contribution in [-0.4, -0.2) is 39.6 Å². The molecule has 0 saturated heterocycles. The van der Waals surface area contributed by atoms with Crippen molar-refractivity contribution < 1.29 is 18.8 Å². The highest BCUT2D eigenvalue weighted by atomic mass is 19.1. The Hall–Kier alpha value is -3.75. The van der Waals surface area contributed by atoms with E-state index >= 15 is 0 Å². The van der Waals surface area contributed by atoms with Crippen LogP contribution in [0.1, 0.15) is 20.3 Å². The molecule has 0 spiro atoms. The zero-order chi connectivity index (χ0) is 21.8. The Balaban J connectivity index is 1.67. The lowest BCUT2D eigenvalue weighted by Crippen LogP contribution is -2.18. The summed E-state index contributed by atoms with van der Waals surface area (Å²) in [7, 11) is 0. The number of oxime groups is 1. The van der Waals surface area contributed by atoms with E-state index in [0.29, 0.717) is 29.7 Å². The molecule has 160 valence electrons. The van der Waals surface area contributed by atoms with Crippen molar-refractivity contribution in [2.45, 2.75) is 26.8 Å². The van der Waals surface area contributed by atoms with Gasteiger partial charge in [0.05, 0.1) is 17.9 Å². The average Bonchev–Trinajstić information content (AvgIpc) is 3.14. The number of benzene rings is 1. The Morgan fingerprint density at radius 2 is 2.06 bits per heavy atom. The number of carbonyl (C=O) groups excluding carboxylic acids is 1. The standard InChI is InChI=1S/C22H22FN5O3/c1-14(2)27-31-13-19(29)25-18-12-16(8-9-24-18)20-21(15-4-6-17(23)7-5-15)26-28-10-3-11-30-22(20)28/h4-9,12H,3,10-11,13H2,1-2H3,(H,24,25,29). The molecule has 0 unspecified atom stereocenters. The van der Waals surface area contributed by atoms with Crippen LogP contribution in [0, 0.1) is 5.82 Å². The number of aromatic nitrogens is 3. The Morgan fingerprint density at radius 1 is 1.26 bits per heavy atom. The summed E-state index contributed by atoms with van der Waals surface area (Å²) < 4.78 is 21.2. The largest absolute Gasteiger partial charge is 0.477 e. The number of amides is 1. The molecule has 0 fully saturated rings. The summed E-state index contributed by atoms with van der Waals surface area (Å²) in [6.45, 7) is 4.65. The number of hydrogen-bond donors (Lipinski definition) is 1. The van der Waals surface area contributed by atoms with E-state index in [1.165, 1.54) is 12.1 Å². The highest BCUT2D eigenvalue weighted by Gasteiger charge is 2.24. The fraction of sp³-hybridized carbons (Fsp3) is 0.273. The molecule has 1 aliphatic rings. The predicted octanol–water partition coefficient (Wildman–Crippen LogP) is 3.88. The molecule has 1 N–H and O–H groups in total. The van der Waals surface area contributed by atoms with Crippen LogP contribution in [0.2, 0.25) is 0 Å². The van der Waals surface area contributed by atoms with Crippen molar-refractivity contribution in [3.8, 4) is 28.3 Å². The topological polar surface area (TPSA) is 90.6 Å². The molecule has 0 saturated carbocycles. The lowest BCUT2D eigenvalue weighted by molar-refractivity contribution is -0.120. The molecule has 3 aromatic rings. The quantitative estimate of drug-likeness (QED) is 0.480. The van der Waals surface area contributed by atoms with E-state index in [1.54, 1.807) is 38.2 Å². The number of nitrogens with zero attached hydrogens (tertiary/aromatic N) is 4. The summed E-state index contributed by atoms with van der Waals surface area (Å²) in [5.74, 6) is 0.320. The van der Waals surface area contributed by atoms with Gasteiger partial charge in [-0.2, -0.15) is 5.10 Å². The molecular weight excluding hydrogens is 401 g/mol. The molecule has 4 rings (SSSR count). The number of halogens is 1. The van der Waals surface area contributed by atoms with Gasteiger partial charge in [-0.1, -0.05) is 5.16 Å². The van der Waals surface area contributed by atoms with Gasteiger partial charge in [0.15, 0.2) is 6.61 Å². The van der Waals surface area contributed by atoms with Crippen molar-refractivity contribution in [1.29, 1.82) is 0 Å². The molecule has 1 aliphatic heterocycles. The maximum atomic E-state index is 13.4. The number of ether oxygens (including phenoxy) is 1. The van der Waals surface area contributed by atoms with Gasteiger partial charge in [0, 0.05) is 24.7 Å². The Labute approximate surface area is 178 Å². The number of fused-ring (bicyclic) bond motifs is 1. The Bertz CT molecular complexity index is 1120. The second-order valence-electron chi connectivity index (χ2n) is 7.25. The number of rotatable bonds is 6. The van der Waals surface area contributed by atoms with Gasteiger partial charge in [-0.05, 0) is 55.8 Å². The van der Waals surface area contributed by atoms with Crippen molar-refractivity contribution in [2.24, 2.45) is 5.16 Å². The van der Waals surface area contributed by atoms with Crippen LogP contribution < -0.4 is 10.1 Å². The second kappa shape index (κ2) is 8.95. The Kier molecular flexibility index (Phi) is 5.92. The lowest BCUT2D eigenvalue weighted by atomic mass is 10.0. The molecule has 1 aromatic carbocycles. The molecule has 0 aliphatic carbocycles. The number of carbonyl (C=O) groups is 1. The van der Waals surface area contributed by atoms with Gasteiger partial charge in [-0.3, -0.25) is 4.79 Å². The van der Waals surface area contributed by atoms with Gasteiger partial charge >= 0.3 is 0 Å². The molecule has 3 heterocycles. The number of nitrogens with one attached hydrogen (secondary N) is 1. The monoisotopic (exact) mass is 423 g/mol. The maximum absolute atomic E-state index is 13.4. The van der Waals surface area contributed by atoms with Crippen LogP contribution in [0.4, 0.5) is 10.2 Å². The third-order valence-electron chi connectivity index (χ3n) is 4.54. The molecule has 0 atom stereocenters. The van der Waals surface area contributed by atoms with E-state index < -0.39 is 0 Å². The Morgan fingerprint density at radius 3 is 2.84 bits per heavy atom. The molecular formula is C22H22FN5O3. The summed E-state index contributed by atoms with van der Waals surface area (Å²) >= 11 is 0. The molecule has 0 bridgehead atoms. The zero-order valence-corrected chi connectivity index (χ0v) is 17.3. The minimum Gasteiger partial charge on any atom is -0.477 e. The molecule has 8 nitrogen and oxygen atoms in total. The van der Waals surface area contributed by atoms with Crippen molar-refractivity contribution in [1.82, 2.24) is 14.8 Å². The highest BCUT2D eigenvalue weighted by Crippen LogP contribution is 2.41. The SMILES string of the molecule is CC(C)=NOCC(=O)Nc1cc(-c2c(-c3ccc(F)cc3)nn3c2OCCC3)ccn1. The van der Waals surface area contributed by atoms with Gasteiger partial charge in [0.1, 0.15) is 17.3 Å². The first kappa shape index (κ1) is 20.5. The van der Waals surface area contributed by atoms with Crippen LogP contribution >= 0.6 is 0 Å². The molecule has 1 amide bonds. The molecule has 2 aromatic heterocycles. The van der Waals surface area contributed by atoms with Crippen LogP contribution in [-0.2, 0) is 16.2 Å². The van der Waals surface area contributed by atoms with E-state index in [0.717, 1.165) is 29.7 Å². The van der Waals surface area contributed by atoms with E-state index in [-0.39, 0.29) is 18.3 Å². The van der Waals surface area contributed by atoms with E-state index in [2.05, 4.69) is 15.5 Å². The number of hydrogen-bond acceptors (Lipinski definition) is 6. The minimum absolute atomic E-state index is 0.218. The fourth-order valence-electron chi connectivity index (χ4n) is 3.25. The predicted molar refractivity (Wildman–Crippen MR) is 114 cm³/mol. The number of pyridine rings is 1. The van der Waals surface area contributed by atoms with E-state index in [9.17, 15) is 9.18 Å². The smallest absolute Gasteiger partial charge is 0.266 e. The number of anilines is 1. The van der Waals surface area contributed by atoms with Gasteiger partial charge < -0.3 is 14.9 Å². The molecule has 31 heavy (non-hydrogen) atoms. The summed E-state index contributed by atoms with van der Waals surface area (Å²) in [5.41, 5.74) is 3.71. The van der Waals surface area contributed by atoms with Gasteiger partial charge in [0.25, 0.3) is 5.91 Å². The maximum Gasteiger partial charge on any atom is 0.266 e. The second-order valence-corrected chi connectivity index (χ2v) is 7.25. The van der Waals surface area contributed by atoms with E-state index in [1.807, 2.05) is 10.7 Å². The third kappa shape index (κ3) is 4.71. The van der Waals surface area contributed by atoms with Crippen molar-refractivity contribution in [2.75, 3.05) is 18.5 Å². The van der Waals surface area contributed by atoms with Crippen molar-refractivity contribution in [3.05, 3.63) is 48.4 Å². The number of aryl methyl sites for hydroxylation is 1. The lowest BCUT2D eigenvalue weighted by Gasteiger charge is -2.16. The highest BCUT2D eigenvalue weighted by molar-refractivity contribution is 5.92. The molecule has 9 heteroatoms. The van der Waals surface area contributed by atoms with Crippen molar-refractivity contribution >= 4 is 17.4 Å². The van der Waals surface area contributed by atoms with Crippen LogP contribution in [0.3, 0.4) is 0 Å². The first-order chi connectivity index (χ1) is 15.0. The first-order valence-corrected chi connectivity index (χ1v) is 9.90. The van der Waals surface area contributed by atoms with Crippen LogP contribution in [0.25, 0.3) is 22.4 Å². The van der Waals surface area contributed by atoms with Gasteiger partial charge in [-0.15, -0.1) is 0 Å². The van der Waals surface area contributed by atoms with E-state index in [4.69, 9.17) is 14.7 Å². The summed E-state index contributed by atoms with van der Waals surface area (Å²) in [6, 6.07) is 9.73. The van der Waals surface area contributed by atoms with Crippen LogP contribution in [0.5, 0.6) is 5.88 Å². The summed E-state index contributed by atoms with van der Waals surface area (Å²) in [4.78, 5) is 21.3. The fourth-order valence-corrected chi connectivity index (χ4v) is 3.25. The van der Waals surface area contributed by atoms with Crippen molar-refractivity contribution in [3.63, 3.8) is 0 Å². The van der Waals surface area contributed by atoms with Gasteiger partial charge in [0.2, 0.25) is 5.88 Å². The van der Waals surface area contributed by atoms with Crippen LogP contribution in [0.15, 0.2) is 47.8 Å². The first-order valence-electron chi connectivity index (χ1n) is 9.90. The summed E-state index contributed by atoms with van der Waals surface area (Å²) in [6.07, 6.45) is 2.45. The average molecular weight is 423 g/mol. The third-order valence-corrected chi connectivity index (χ3v) is 4.54. The minimum atomic E-state index is -0.373. The van der Waals surface area contributed by atoms with Gasteiger partial charge in [-0.25, -0.2) is 14.1 Å². The normalized spacial score (nSPS) is 12.5. The zero-order valence-electron chi connectivity index (χ0n) is 17.3. The molecule has 0 radical (unpaired) electrons.